The third-order valence-corrected chi connectivity index (χ3v) is 5.90. The summed E-state index contributed by atoms with van der Waals surface area (Å²) in [7, 11) is 2.92. The summed E-state index contributed by atoms with van der Waals surface area (Å²) >= 11 is 6.42. The molecule has 0 radical (unpaired) electrons. The van der Waals surface area contributed by atoms with Crippen molar-refractivity contribution in [1.29, 1.82) is 0 Å². The number of hydrogen-bond donors (Lipinski definition) is 0. The Labute approximate surface area is 203 Å². The molecule has 184 valence electrons. The molecule has 0 N–H and O–H groups in total. The van der Waals surface area contributed by atoms with E-state index in [0.29, 0.717) is 42.5 Å². The van der Waals surface area contributed by atoms with E-state index in [4.69, 9.17) is 36.9 Å². The largest absolute Gasteiger partial charge is 0.490 e. The number of methoxy groups -OCH3 is 2. The number of pyridine rings is 2. The lowest BCUT2D eigenvalue weighted by Gasteiger charge is -2.40. The van der Waals surface area contributed by atoms with E-state index in [9.17, 15) is 9.59 Å². The Hall–Kier alpha value is -3.07. The number of carbonyl (C=O) groups excluding carboxylic acids is 1. The molecule has 0 fully saturated rings. The van der Waals surface area contributed by atoms with E-state index >= 15 is 0 Å². The number of carbonyl (C=O) groups is 1. The normalized spacial score (nSPS) is 14.1. The quantitative estimate of drug-likeness (QED) is 0.138. The van der Waals surface area contributed by atoms with Gasteiger partial charge in [-0.2, -0.15) is 0 Å². The molecule has 3 rings (SSSR count). The molecular formula is C23H29ClN5O5-. The summed E-state index contributed by atoms with van der Waals surface area (Å²) in [6.07, 6.45) is 1.40. The molecule has 34 heavy (non-hydrogen) atoms. The maximum absolute atomic E-state index is 12.8. The summed E-state index contributed by atoms with van der Waals surface area (Å²) in [5.41, 5.74) is 15.8. The molecular weight excluding hydrogens is 462 g/mol. The van der Waals surface area contributed by atoms with Gasteiger partial charge < -0.3 is 29.8 Å². The van der Waals surface area contributed by atoms with Crippen molar-refractivity contribution >= 4 is 17.6 Å². The van der Waals surface area contributed by atoms with E-state index in [1.54, 1.807) is 14.0 Å². The smallest absolute Gasteiger partial charge is 0.343 e. The van der Waals surface area contributed by atoms with Crippen molar-refractivity contribution in [3.63, 3.8) is 0 Å². The van der Waals surface area contributed by atoms with E-state index in [1.807, 2.05) is 10.6 Å². The van der Waals surface area contributed by atoms with Crippen LogP contribution in [-0.4, -0.2) is 43.0 Å². The number of ether oxygens (including phenoxy) is 3. The van der Waals surface area contributed by atoms with Crippen LogP contribution in [0, 0.1) is 12.3 Å². The van der Waals surface area contributed by atoms with Crippen molar-refractivity contribution < 1.29 is 19.0 Å². The molecule has 0 aromatic carbocycles. The summed E-state index contributed by atoms with van der Waals surface area (Å²) in [6, 6.07) is 3.36. The van der Waals surface area contributed by atoms with E-state index in [0.717, 1.165) is 12.0 Å². The predicted molar refractivity (Wildman–Crippen MR) is 129 cm³/mol. The predicted octanol–water partition coefficient (Wildman–Crippen LogP) is 5.08. The van der Waals surface area contributed by atoms with E-state index < -0.39 is 11.4 Å². The Morgan fingerprint density at radius 1 is 1.26 bits per heavy atom. The summed E-state index contributed by atoms with van der Waals surface area (Å²) in [5, 5.41) is 0.235. The maximum atomic E-state index is 12.8. The van der Waals surface area contributed by atoms with Gasteiger partial charge in [-0.25, -0.2) is 9.78 Å². The summed E-state index contributed by atoms with van der Waals surface area (Å²) in [5.74, 6) is -0.120. The van der Waals surface area contributed by atoms with E-state index in [-0.39, 0.29) is 22.2 Å². The molecule has 0 bridgehead atoms. The molecule has 0 spiro atoms. The minimum absolute atomic E-state index is 0.0108. The number of nitrogens with zero attached hydrogens (tertiary/aromatic N) is 5. The van der Waals surface area contributed by atoms with Crippen LogP contribution in [0.25, 0.3) is 27.4 Å². The first kappa shape index (κ1) is 27.2. The van der Waals surface area contributed by atoms with Crippen LogP contribution >= 0.6 is 11.6 Å². The van der Waals surface area contributed by atoms with Crippen molar-refractivity contribution in [2.45, 2.75) is 46.6 Å². The second kappa shape index (κ2) is 11.4. The first-order chi connectivity index (χ1) is 16.0. The van der Waals surface area contributed by atoms with Gasteiger partial charge >= 0.3 is 5.97 Å². The molecule has 1 aliphatic heterocycles. The van der Waals surface area contributed by atoms with Gasteiger partial charge in [0, 0.05) is 37.9 Å². The van der Waals surface area contributed by atoms with Crippen LogP contribution in [0.15, 0.2) is 16.9 Å². The lowest BCUT2D eigenvalue weighted by Crippen LogP contribution is -2.35. The maximum Gasteiger partial charge on any atom is 0.343 e. The fourth-order valence-electron chi connectivity index (χ4n) is 4.05. The van der Waals surface area contributed by atoms with Gasteiger partial charge in [0.1, 0.15) is 5.56 Å². The van der Waals surface area contributed by atoms with Crippen molar-refractivity contribution in [3.8, 4) is 17.1 Å². The lowest BCUT2D eigenvalue weighted by molar-refractivity contribution is 0.0596. The number of esters is 1. The first-order valence-electron chi connectivity index (χ1n) is 10.7. The zero-order valence-electron chi connectivity index (χ0n) is 20.2. The van der Waals surface area contributed by atoms with Crippen LogP contribution in [0.3, 0.4) is 0 Å². The highest BCUT2D eigenvalue weighted by Crippen LogP contribution is 2.44. The van der Waals surface area contributed by atoms with E-state index in [1.165, 1.54) is 18.1 Å². The molecule has 0 amide bonds. The van der Waals surface area contributed by atoms with Gasteiger partial charge in [-0.3, -0.25) is 9.71 Å². The van der Waals surface area contributed by atoms with Crippen molar-refractivity contribution in [2.24, 2.45) is 5.41 Å². The number of halogens is 1. The third-order valence-electron chi connectivity index (χ3n) is 5.63. The Balaban J connectivity index is 0.00000129. The monoisotopic (exact) mass is 490 g/mol. The number of aromatic nitrogens is 2. The third kappa shape index (κ3) is 5.70. The van der Waals surface area contributed by atoms with Crippen molar-refractivity contribution in [2.75, 3.05) is 27.4 Å². The van der Waals surface area contributed by atoms with Crippen LogP contribution in [0.5, 0.6) is 5.75 Å². The number of rotatable bonds is 6. The molecule has 0 unspecified atom stereocenters. The SMILES string of the molecule is COCCCOc1cc2c(nc1Cl)-c1cc(=O)c(C(=O)OC)c(C)n1[C@H](C(C)(C)C)C2.[N-]=[N+]=[N-]. The zero-order chi connectivity index (χ0) is 25.6. The molecule has 2 aromatic rings. The molecule has 2 aromatic heterocycles. The second-order valence-electron chi connectivity index (χ2n) is 8.87. The van der Waals surface area contributed by atoms with Crippen LogP contribution in [-0.2, 0) is 15.9 Å². The molecule has 0 aliphatic carbocycles. The Morgan fingerprint density at radius 3 is 2.47 bits per heavy atom. The Morgan fingerprint density at radius 2 is 1.91 bits per heavy atom. The fourth-order valence-corrected chi connectivity index (χ4v) is 4.24. The lowest BCUT2D eigenvalue weighted by atomic mass is 9.79. The van der Waals surface area contributed by atoms with Gasteiger partial charge in [-0.1, -0.05) is 32.4 Å². The molecule has 0 saturated carbocycles. The van der Waals surface area contributed by atoms with Gasteiger partial charge in [0.25, 0.3) is 0 Å². The highest BCUT2D eigenvalue weighted by Gasteiger charge is 2.36. The van der Waals surface area contributed by atoms with Gasteiger partial charge in [0.2, 0.25) is 0 Å². The second-order valence-corrected chi connectivity index (χ2v) is 9.23. The molecule has 0 saturated heterocycles. The Bertz CT molecular complexity index is 1150. The Kier molecular flexibility index (Phi) is 9.09. The van der Waals surface area contributed by atoms with Gasteiger partial charge in [-0.05, 0) is 30.4 Å². The van der Waals surface area contributed by atoms with Crippen LogP contribution < -0.4 is 10.2 Å². The highest BCUT2D eigenvalue weighted by atomic mass is 35.5. The van der Waals surface area contributed by atoms with Crippen LogP contribution in [0.2, 0.25) is 5.15 Å². The van der Waals surface area contributed by atoms with Gasteiger partial charge in [0.05, 0.1) is 25.1 Å². The van der Waals surface area contributed by atoms with E-state index in [2.05, 4.69) is 25.8 Å². The average Bonchev–Trinajstić information content (AvgIpc) is 2.76. The van der Waals surface area contributed by atoms with Crippen LogP contribution in [0.1, 0.15) is 54.8 Å². The summed E-state index contributed by atoms with van der Waals surface area (Å²) in [6.45, 7) is 9.23. The van der Waals surface area contributed by atoms with Gasteiger partial charge in [-0.15, -0.1) is 0 Å². The van der Waals surface area contributed by atoms with Gasteiger partial charge in [0.15, 0.2) is 16.3 Å². The highest BCUT2D eigenvalue weighted by molar-refractivity contribution is 6.31. The summed E-state index contributed by atoms with van der Waals surface area (Å²) in [4.78, 5) is 31.2. The molecule has 1 atom stereocenters. The van der Waals surface area contributed by atoms with Crippen molar-refractivity contribution in [3.05, 3.63) is 60.3 Å². The first-order valence-corrected chi connectivity index (χ1v) is 11.0. The molecule has 10 nitrogen and oxygen atoms in total. The minimum atomic E-state index is -0.637. The average molecular weight is 491 g/mol. The standard InChI is InChI=1S/C23H29ClN2O5.N3/c1-13-19(22(28)30-6)16(27)12-15-20-14(11-18(26(13)15)23(2,3)4)10-17(21(24)25-20)31-9-7-8-29-5;1-3-2/h10,12,18H,7-9,11H2,1-6H3;/q;-1/t18-;/m0./s1. The fraction of sp³-hybridized carbons (Fsp3) is 0.522. The number of hydrogen-bond acceptors (Lipinski definition) is 6. The zero-order valence-corrected chi connectivity index (χ0v) is 21.0. The van der Waals surface area contributed by atoms with Crippen LogP contribution in [0.4, 0.5) is 0 Å². The molecule has 11 heteroatoms. The topological polar surface area (TPSA) is 138 Å². The molecule has 1 aliphatic rings. The molecule has 3 heterocycles. The summed E-state index contributed by atoms with van der Waals surface area (Å²) < 4.78 is 17.8. The van der Waals surface area contributed by atoms with Crippen molar-refractivity contribution in [1.82, 2.24) is 9.55 Å². The minimum Gasteiger partial charge on any atom is -0.490 e. The number of fused-ring (bicyclic) bond motifs is 3.